The van der Waals surface area contributed by atoms with Crippen LogP contribution in [-0.4, -0.2) is 14.3 Å². The molecule has 7 nitrogen and oxygen atoms in total. The van der Waals surface area contributed by atoms with E-state index in [1.165, 1.54) is 16.8 Å². The van der Waals surface area contributed by atoms with Crippen LogP contribution in [0.1, 0.15) is 19.5 Å². The Morgan fingerprint density at radius 3 is 2.52 bits per heavy atom. The normalized spacial score (nSPS) is 11.0. The lowest BCUT2D eigenvalue weighted by Gasteiger charge is -2.11. The molecule has 0 amide bonds. The number of rotatable bonds is 4. The topological polar surface area (TPSA) is 96.1 Å². The van der Waals surface area contributed by atoms with Gasteiger partial charge in [-0.1, -0.05) is 26.0 Å². The molecule has 0 saturated heterocycles. The molecule has 7 heteroatoms. The quantitative estimate of drug-likeness (QED) is 0.686. The van der Waals surface area contributed by atoms with Gasteiger partial charge in [-0.2, -0.15) is 0 Å². The standard InChI is InChI=1S/C14H18N4O3/c1-9(2)8-12-13(15)14(19)17(16(12)3)10-6-4-5-7-11(10)18(20)21/h4-7,9H,8,15H2,1-3H3. The zero-order chi connectivity index (χ0) is 15.7. The van der Waals surface area contributed by atoms with Crippen LogP contribution in [0.4, 0.5) is 11.4 Å². The summed E-state index contributed by atoms with van der Waals surface area (Å²) in [6.45, 7) is 4.04. The first-order chi connectivity index (χ1) is 9.84. The van der Waals surface area contributed by atoms with E-state index in [-0.39, 0.29) is 17.1 Å². The number of nitro groups is 1. The molecule has 0 saturated carbocycles. The first kappa shape index (κ1) is 14.8. The van der Waals surface area contributed by atoms with Gasteiger partial charge in [0.1, 0.15) is 11.4 Å². The Balaban J connectivity index is 2.72. The molecule has 0 atom stereocenters. The summed E-state index contributed by atoms with van der Waals surface area (Å²) in [4.78, 5) is 23.0. The summed E-state index contributed by atoms with van der Waals surface area (Å²) in [6.07, 6.45) is 0.630. The highest BCUT2D eigenvalue weighted by atomic mass is 16.6. The monoisotopic (exact) mass is 290 g/mol. The third-order valence-corrected chi connectivity index (χ3v) is 3.33. The third kappa shape index (κ3) is 2.54. The van der Waals surface area contributed by atoms with Crippen molar-refractivity contribution >= 4 is 11.4 Å². The first-order valence-corrected chi connectivity index (χ1v) is 6.64. The second-order valence-electron chi connectivity index (χ2n) is 5.34. The van der Waals surface area contributed by atoms with Crippen LogP contribution in [0.15, 0.2) is 29.1 Å². The van der Waals surface area contributed by atoms with E-state index in [1.807, 2.05) is 13.8 Å². The average Bonchev–Trinajstić information content (AvgIpc) is 2.62. The molecule has 1 heterocycles. The Labute approximate surface area is 121 Å². The number of nitro benzene ring substituents is 1. The van der Waals surface area contributed by atoms with Gasteiger partial charge in [0, 0.05) is 13.1 Å². The fourth-order valence-corrected chi connectivity index (χ4v) is 2.37. The predicted octanol–water partition coefficient (Wildman–Crippen LogP) is 1.86. The van der Waals surface area contributed by atoms with Crippen LogP contribution in [0, 0.1) is 16.0 Å². The number of nitrogens with zero attached hydrogens (tertiary/aromatic N) is 3. The highest BCUT2D eigenvalue weighted by Crippen LogP contribution is 2.23. The maximum absolute atomic E-state index is 12.4. The second kappa shape index (κ2) is 5.43. The number of para-hydroxylation sites is 2. The average molecular weight is 290 g/mol. The molecule has 21 heavy (non-hydrogen) atoms. The Kier molecular flexibility index (Phi) is 3.84. The molecule has 1 aromatic heterocycles. The summed E-state index contributed by atoms with van der Waals surface area (Å²) in [5.74, 6) is 0.319. The molecule has 2 N–H and O–H groups in total. The molecule has 0 aliphatic heterocycles. The first-order valence-electron chi connectivity index (χ1n) is 6.64. The molecule has 1 aromatic carbocycles. The number of nitrogen functional groups attached to an aromatic ring is 1. The predicted molar refractivity (Wildman–Crippen MR) is 80.6 cm³/mol. The van der Waals surface area contributed by atoms with Crippen LogP contribution >= 0.6 is 0 Å². The van der Waals surface area contributed by atoms with E-state index < -0.39 is 10.5 Å². The van der Waals surface area contributed by atoms with Crippen LogP contribution in [0.3, 0.4) is 0 Å². The molecule has 0 unspecified atom stereocenters. The van der Waals surface area contributed by atoms with Gasteiger partial charge in [0.15, 0.2) is 0 Å². The van der Waals surface area contributed by atoms with Crippen molar-refractivity contribution in [3.8, 4) is 5.69 Å². The zero-order valence-electron chi connectivity index (χ0n) is 12.2. The summed E-state index contributed by atoms with van der Waals surface area (Å²) in [6, 6.07) is 6.12. The van der Waals surface area contributed by atoms with Gasteiger partial charge in [-0.05, 0) is 18.4 Å². The van der Waals surface area contributed by atoms with Crippen LogP contribution in [0.25, 0.3) is 5.69 Å². The van der Waals surface area contributed by atoms with Crippen molar-refractivity contribution < 1.29 is 4.92 Å². The van der Waals surface area contributed by atoms with Crippen molar-refractivity contribution in [2.75, 3.05) is 5.73 Å². The summed E-state index contributed by atoms with van der Waals surface area (Å²) >= 11 is 0. The summed E-state index contributed by atoms with van der Waals surface area (Å²) in [7, 11) is 1.69. The molecule has 0 radical (unpaired) electrons. The Morgan fingerprint density at radius 2 is 1.95 bits per heavy atom. The summed E-state index contributed by atoms with van der Waals surface area (Å²) in [5, 5.41) is 11.1. The van der Waals surface area contributed by atoms with Gasteiger partial charge < -0.3 is 5.73 Å². The summed E-state index contributed by atoms with van der Waals surface area (Å²) < 4.78 is 2.85. The van der Waals surface area contributed by atoms with E-state index in [0.29, 0.717) is 18.0 Å². The Hall–Kier alpha value is -2.57. The van der Waals surface area contributed by atoms with Crippen LogP contribution in [-0.2, 0) is 13.5 Å². The maximum atomic E-state index is 12.4. The van der Waals surface area contributed by atoms with E-state index in [9.17, 15) is 14.9 Å². The smallest absolute Gasteiger partial charge is 0.295 e. The number of hydrogen-bond donors (Lipinski definition) is 1. The maximum Gasteiger partial charge on any atom is 0.295 e. The molecular formula is C14H18N4O3. The molecule has 0 fully saturated rings. The van der Waals surface area contributed by atoms with Crippen molar-refractivity contribution in [1.29, 1.82) is 0 Å². The van der Waals surface area contributed by atoms with E-state index in [4.69, 9.17) is 5.73 Å². The fraction of sp³-hybridized carbons (Fsp3) is 0.357. The van der Waals surface area contributed by atoms with Gasteiger partial charge in [-0.15, -0.1) is 0 Å². The molecule has 2 rings (SSSR count). The minimum absolute atomic E-state index is 0.128. The number of anilines is 1. The largest absolute Gasteiger partial charge is 0.393 e. The number of aromatic nitrogens is 2. The Bertz CT molecular complexity index is 743. The van der Waals surface area contributed by atoms with E-state index in [0.717, 1.165) is 0 Å². The van der Waals surface area contributed by atoms with Gasteiger partial charge in [0.05, 0.1) is 10.6 Å². The van der Waals surface area contributed by atoms with Crippen molar-refractivity contribution in [2.45, 2.75) is 20.3 Å². The minimum atomic E-state index is -0.507. The lowest BCUT2D eigenvalue weighted by molar-refractivity contribution is -0.384. The van der Waals surface area contributed by atoms with Gasteiger partial charge >= 0.3 is 0 Å². The van der Waals surface area contributed by atoms with E-state index >= 15 is 0 Å². The molecule has 112 valence electrons. The highest BCUT2D eigenvalue weighted by Gasteiger charge is 2.22. The van der Waals surface area contributed by atoms with Crippen LogP contribution in [0.2, 0.25) is 0 Å². The number of benzene rings is 1. The molecule has 2 aromatic rings. The lowest BCUT2D eigenvalue weighted by atomic mass is 10.1. The van der Waals surface area contributed by atoms with Crippen LogP contribution < -0.4 is 11.3 Å². The lowest BCUT2D eigenvalue weighted by Crippen LogP contribution is -2.21. The van der Waals surface area contributed by atoms with E-state index in [2.05, 4.69) is 0 Å². The molecule has 0 aliphatic rings. The molecule has 0 bridgehead atoms. The third-order valence-electron chi connectivity index (χ3n) is 3.33. The van der Waals surface area contributed by atoms with Crippen LogP contribution in [0.5, 0.6) is 0 Å². The second-order valence-corrected chi connectivity index (χ2v) is 5.34. The van der Waals surface area contributed by atoms with E-state index in [1.54, 1.807) is 23.9 Å². The summed E-state index contributed by atoms with van der Waals surface area (Å²) in [5.41, 5.74) is 6.39. The van der Waals surface area contributed by atoms with Gasteiger partial charge in [-0.3, -0.25) is 19.6 Å². The fourth-order valence-electron chi connectivity index (χ4n) is 2.37. The minimum Gasteiger partial charge on any atom is -0.393 e. The highest BCUT2D eigenvalue weighted by molar-refractivity contribution is 5.54. The molecule has 0 aliphatic carbocycles. The number of hydrogen-bond acceptors (Lipinski definition) is 4. The number of nitrogens with two attached hydrogens (primary N) is 1. The van der Waals surface area contributed by atoms with Gasteiger partial charge in [-0.25, -0.2) is 4.68 Å². The Morgan fingerprint density at radius 1 is 1.33 bits per heavy atom. The van der Waals surface area contributed by atoms with Crippen molar-refractivity contribution in [2.24, 2.45) is 13.0 Å². The van der Waals surface area contributed by atoms with Crippen molar-refractivity contribution in [1.82, 2.24) is 9.36 Å². The SMILES string of the molecule is CC(C)Cc1c(N)c(=O)n(-c2ccccc2[N+](=O)[O-])n1C. The van der Waals surface area contributed by atoms with Gasteiger partial charge in [0.25, 0.3) is 11.2 Å². The van der Waals surface area contributed by atoms with Crippen molar-refractivity contribution in [3.63, 3.8) is 0 Å². The van der Waals surface area contributed by atoms with Gasteiger partial charge in [0.2, 0.25) is 0 Å². The van der Waals surface area contributed by atoms with Crippen molar-refractivity contribution in [3.05, 3.63) is 50.4 Å². The molecule has 0 spiro atoms. The molecular weight excluding hydrogens is 272 g/mol. The zero-order valence-corrected chi connectivity index (χ0v) is 12.2.